The molecule has 1 aliphatic heterocycles. The topological polar surface area (TPSA) is 89.8 Å². The van der Waals surface area contributed by atoms with Crippen molar-refractivity contribution in [2.45, 2.75) is 20.0 Å². The first kappa shape index (κ1) is 18.6. The Morgan fingerprint density at radius 1 is 1.04 bits per heavy atom. The highest BCUT2D eigenvalue weighted by Gasteiger charge is 2.40. The van der Waals surface area contributed by atoms with Gasteiger partial charge in [-0.05, 0) is 43.7 Å². The Bertz CT molecular complexity index is 966. The monoisotopic (exact) mass is 386 g/mol. The van der Waals surface area contributed by atoms with E-state index in [1.807, 2.05) is 13.8 Å². The molecule has 0 unspecified atom stereocenters. The van der Waals surface area contributed by atoms with Crippen molar-refractivity contribution in [3.05, 3.63) is 69.2 Å². The highest BCUT2D eigenvalue weighted by atomic mass is 35.5. The molecular weight excluding hydrogens is 372 g/mol. The molecule has 0 fully saturated rings. The minimum absolute atomic E-state index is 0.00378. The van der Waals surface area contributed by atoms with Gasteiger partial charge in [0.1, 0.15) is 10.8 Å². The number of anilines is 1. The van der Waals surface area contributed by atoms with Gasteiger partial charge in [0.05, 0.1) is 22.3 Å². The molecule has 7 nitrogen and oxygen atoms in total. The van der Waals surface area contributed by atoms with Crippen LogP contribution in [0.15, 0.2) is 53.6 Å². The first-order valence-corrected chi connectivity index (χ1v) is 8.48. The summed E-state index contributed by atoms with van der Waals surface area (Å²) in [4.78, 5) is 36.8. The highest BCUT2D eigenvalue weighted by molar-refractivity contribution is 6.60. The predicted molar refractivity (Wildman–Crippen MR) is 101 cm³/mol. The fourth-order valence-corrected chi connectivity index (χ4v) is 2.99. The molecule has 0 aromatic heterocycles. The molecular formula is C19H15ClN2O5. The number of nitro groups is 1. The van der Waals surface area contributed by atoms with Crippen molar-refractivity contribution >= 4 is 40.4 Å². The fourth-order valence-electron chi connectivity index (χ4n) is 2.72. The Balaban J connectivity index is 2.01. The van der Waals surface area contributed by atoms with Gasteiger partial charge in [-0.15, -0.1) is 0 Å². The third-order valence-corrected chi connectivity index (χ3v) is 4.21. The van der Waals surface area contributed by atoms with Gasteiger partial charge in [0.15, 0.2) is 0 Å². The van der Waals surface area contributed by atoms with Crippen LogP contribution in [0.3, 0.4) is 0 Å². The van der Waals surface area contributed by atoms with E-state index in [0.717, 1.165) is 4.90 Å². The maximum atomic E-state index is 13.0. The largest absolute Gasteiger partial charge is 0.489 e. The van der Waals surface area contributed by atoms with Crippen molar-refractivity contribution in [2.75, 3.05) is 4.90 Å². The number of para-hydroxylation sites is 2. The molecule has 2 amide bonds. The quantitative estimate of drug-likeness (QED) is 0.441. The van der Waals surface area contributed by atoms with Crippen molar-refractivity contribution in [3.63, 3.8) is 0 Å². The molecule has 1 heterocycles. The normalized spacial score (nSPS) is 14.3. The molecule has 3 rings (SSSR count). The number of carbonyl (C=O) groups is 2. The molecule has 0 spiro atoms. The Morgan fingerprint density at radius 3 is 2.26 bits per heavy atom. The van der Waals surface area contributed by atoms with Crippen molar-refractivity contribution in [2.24, 2.45) is 0 Å². The third kappa shape index (κ3) is 3.41. The summed E-state index contributed by atoms with van der Waals surface area (Å²) in [6.45, 7) is 3.66. The van der Waals surface area contributed by atoms with E-state index >= 15 is 0 Å². The molecule has 27 heavy (non-hydrogen) atoms. The van der Waals surface area contributed by atoms with E-state index < -0.39 is 16.7 Å². The van der Waals surface area contributed by atoms with E-state index in [4.69, 9.17) is 16.3 Å². The SMILES string of the molecule is CC(C)Oc1ccccc1N1C(=O)C(Cl)=C(c2ccc([N+](=O)[O-])cc2)C1=O. The van der Waals surface area contributed by atoms with Crippen LogP contribution in [-0.2, 0) is 9.59 Å². The van der Waals surface area contributed by atoms with Crippen LogP contribution in [0.5, 0.6) is 5.75 Å². The van der Waals surface area contributed by atoms with Crippen LogP contribution >= 0.6 is 11.6 Å². The zero-order valence-corrected chi connectivity index (χ0v) is 15.3. The van der Waals surface area contributed by atoms with E-state index in [9.17, 15) is 19.7 Å². The molecule has 1 aliphatic rings. The molecule has 138 valence electrons. The molecule has 0 radical (unpaired) electrons. The van der Waals surface area contributed by atoms with Gasteiger partial charge in [-0.3, -0.25) is 19.7 Å². The lowest BCUT2D eigenvalue weighted by Gasteiger charge is -2.20. The molecule has 0 bridgehead atoms. The van der Waals surface area contributed by atoms with E-state index in [-0.39, 0.29) is 28.1 Å². The number of nitro benzene ring substituents is 1. The summed E-state index contributed by atoms with van der Waals surface area (Å²) < 4.78 is 5.69. The maximum Gasteiger partial charge on any atom is 0.277 e. The van der Waals surface area contributed by atoms with Crippen LogP contribution in [0.25, 0.3) is 5.57 Å². The first-order valence-electron chi connectivity index (χ1n) is 8.10. The van der Waals surface area contributed by atoms with Gasteiger partial charge in [-0.25, -0.2) is 4.90 Å². The average molecular weight is 387 g/mol. The van der Waals surface area contributed by atoms with Gasteiger partial charge < -0.3 is 4.74 Å². The number of hydrogen-bond acceptors (Lipinski definition) is 5. The van der Waals surface area contributed by atoms with Gasteiger partial charge in [0.2, 0.25) is 0 Å². The van der Waals surface area contributed by atoms with Gasteiger partial charge in [0.25, 0.3) is 17.5 Å². The zero-order valence-electron chi connectivity index (χ0n) is 14.5. The highest BCUT2D eigenvalue weighted by Crippen LogP contribution is 2.39. The summed E-state index contributed by atoms with van der Waals surface area (Å²) in [5, 5.41) is 10.6. The van der Waals surface area contributed by atoms with Crippen LogP contribution in [0.2, 0.25) is 0 Å². The lowest BCUT2D eigenvalue weighted by molar-refractivity contribution is -0.384. The van der Waals surface area contributed by atoms with Crippen LogP contribution in [0, 0.1) is 10.1 Å². The summed E-state index contributed by atoms with van der Waals surface area (Å²) in [7, 11) is 0. The lowest BCUT2D eigenvalue weighted by atomic mass is 10.1. The maximum absolute atomic E-state index is 13.0. The summed E-state index contributed by atoms with van der Waals surface area (Å²) in [6, 6.07) is 12.0. The molecule has 0 atom stereocenters. The molecule has 2 aromatic rings. The number of imide groups is 1. The Morgan fingerprint density at radius 2 is 1.67 bits per heavy atom. The second kappa shape index (κ2) is 7.20. The number of halogens is 1. The smallest absolute Gasteiger partial charge is 0.277 e. The lowest BCUT2D eigenvalue weighted by Crippen LogP contribution is -2.31. The number of amides is 2. The van der Waals surface area contributed by atoms with Crippen molar-refractivity contribution in [1.82, 2.24) is 0 Å². The molecule has 0 saturated carbocycles. The molecule has 0 aliphatic carbocycles. The predicted octanol–water partition coefficient (Wildman–Crippen LogP) is 3.91. The molecule has 0 saturated heterocycles. The Kier molecular flexibility index (Phi) is 4.96. The Hall–Kier alpha value is -3.19. The Labute approximate surface area is 160 Å². The van der Waals surface area contributed by atoms with E-state index in [1.54, 1.807) is 24.3 Å². The minimum atomic E-state index is -0.671. The van der Waals surface area contributed by atoms with E-state index in [0.29, 0.717) is 11.3 Å². The summed E-state index contributed by atoms with van der Waals surface area (Å²) in [5.41, 5.74) is 0.487. The number of benzene rings is 2. The number of nitrogens with zero attached hydrogens (tertiary/aromatic N) is 2. The second-order valence-corrected chi connectivity index (χ2v) is 6.45. The number of hydrogen-bond donors (Lipinski definition) is 0. The summed E-state index contributed by atoms with van der Waals surface area (Å²) in [5.74, 6) is -0.905. The number of carbonyl (C=O) groups excluding carboxylic acids is 2. The average Bonchev–Trinajstić information content (AvgIpc) is 2.84. The molecule has 2 aromatic carbocycles. The standard InChI is InChI=1S/C19H15ClN2O5/c1-11(2)27-15-6-4-3-5-14(15)21-18(23)16(17(20)19(21)24)12-7-9-13(10-8-12)22(25)26/h3-11H,1-2H3. The minimum Gasteiger partial charge on any atom is -0.489 e. The number of rotatable bonds is 5. The number of ether oxygens (including phenoxy) is 1. The van der Waals surface area contributed by atoms with Crippen LogP contribution in [0.4, 0.5) is 11.4 Å². The summed E-state index contributed by atoms with van der Waals surface area (Å²) >= 11 is 6.16. The van der Waals surface area contributed by atoms with Gasteiger partial charge in [-0.1, -0.05) is 23.7 Å². The fraction of sp³-hybridized carbons (Fsp3) is 0.158. The summed E-state index contributed by atoms with van der Waals surface area (Å²) in [6.07, 6.45) is -0.156. The van der Waals surface area contributed by atoms with Crippen molar-refractivity contribution < 1.29 is 19.2 Å². The molecule has 8 heteroatoms. The van der Waals surface area contributed by atoms with Crippen LogP contribution in [-0.4, -0.2) is 22.8 Å². The van der Waals surface area contributed by atoms with Gasteiger partial charge in [0, 0.05) is 12.1 Å². The molecule has 0 N–H and O–H groups in total. The second-order valence-electron chi connectivity index (χ2n) is 6.07. The number of non-ortho nitro benzene ring substituents is 1. The zero-order chi connectivity index (χ0) is 19.7. The van der Waals surface area contributed by atoms with Crippen molar-refractivity contribution in [3.8, 4) is 5.75 Å². The van der Waals surface area contributed by atoms with Crippen LogP contribution < -0.4 is 9.64 Å². The van der Waals surface area contributed by atoms with E-state index in [1.165, 1.54) is 24.3 Å². The van der Waals surface area contributed by atoms with Gasteiger partial charge >= 0.3 is 0 Å². The van der Waals surface area contributed by atoms with Crippen LogP contribution in [0.1, 0.15) is 19.4 Å². The first-order chi connectivity index (χ1) is 12.8. The van der Waals surface area contributed by atoms with Gasteiger partial charge in [-0.2, -0.15) is 0 Å². The third-order valence-electron chi connectivity index (χ3n) is 3.86. The van der Waals surface area contributed by atoms with Crippen molar-refractivity contribution in [1.29, 1.82) is 0 Å². The van der Waals surface area contributed by atoms with E-state index in [2.05, 4.69) is 0 Å².